The summed E-state index contributed by atoms with van der Waals surface area (Å²) in [6, 6.07) is 4.48. The van der Waals surface area contributed by atoms with Gasteiger partial charge in [-0.2, -0.15) is 0 Å². The second-order valence-corrected chi connectivity index (χ2v) is 9.66. The van der Waals surface area contributed by atoms with Crippen molar-refractivity contribution in [1.29, 1.82) is 0 Å². The van der Waals surface area contributed by atoms with Crippen LogP contribution in [0.2, 0.25) is 0 Å². The van der Waals surface area contributed by atoms with Gasteiger partial charge in [0.1, 0.15) is 82.3 Å². The van der Waals surface area contributed by atoms with Gasteiger partial charge in [0.05, 0.1) is 13.2 Å². The van der Waals surface area contributed by atoms with E-state index in [2.05, 4.69) is 0 Å². The highest BCUT2D eigenvalue weighted by Gasteiger charge is 2.46. The maximum Gasteiger partial charge on any atom is 0.229 e. The lowest BCUT2D eigenvalue weighted by molar-refractivity contribution is -0.278. The molecule has 0 aliphatic carbocycles. The zero-order chi connectivity index (χ0) is 29.7. The number of phenols is 2. The molecule has 3 heterocycles. The predicted molar refractivity (Wildman–Crippen MR) is 132 cm³/mol. The lowest BCUT2D eigenvalue weighted by atomic mass is 9.99. The van der Waals surface area contributed by atoms with Crippen LogP contribution >= 0.6 is 0 Å². The first-order chi connectivity index (χ1) is 19.5. The van der Waals surface area contributed by atoms with E-state index in [1.165, 1.54) is 6.07 Å². The van der Waals surface area contributed by atoms with E-state index in [9.17, 15) is 55.9 Å². The summed E-state index contributed by atoms with van der Waals surface area (Å²) < 4.78 is 27.8. The van der Waals surface area contributed by atoms with E-state index in [1.807, 2.05) is 0 Å². The first-order valence-corrected chi connectivity index (χ1v) is 12.4. The van der Waals surface area contributed by atoms with E-state index < -0.39 is 103 Å². The molecule has 0 unspecified atom stereocenters. The van der Waals surface area contributed by atoms with Crippen LogP contribution in [0.25, 0.3) is 21.9 Å². The highest BCUT2D eigenvalue weighted by molar-refractivity contribution is 5.97. The molecule has 16 heteroatoms. The largest absolute Gasteiger partial charge is 0.504 e. The van der Waals surface area contributed by atoms with Crippen molar-refractivity contribution in [2.75, 3.05) is 13.2 Å². The second kappa shape index (κ2) is 11.2. The fourth-order valence-electron chi connectivity index (χ4n) is 4.73. The Morgan fingerprint density at radius 3 is 1.80 bits per heavy atom. The smallest absolute Gasteiger partial charge is 0.229 e. The molecule has 2 aromatic carbocycles. The van der Waals surface area contributed by atoms with Crippen LogP contribution in [0.1, 0.15) is 0 Å². The van der Waals surface area contributed by atoms with Crippen LogP contribution in [0.5, 0.6) is 23.0 Å². The number of hydrogen-bond acceptors (Lipinski definition) is 16. The molecule has 10 N–H and O–H groups in total. The minimum Gasteiger partial charge on any atom is -0.504 e. The lowest BCUT2D eigenvalue weighted by Crippen LogP contribution is -2.60. The fourth-order valence-corrected chi connectivity index (χ4v) is 4.73. The Morgan fingerprint density at radius 2 is 1.24 bits per heavy atom. The molecule has 0 spiro atoms. The lowest BCUT2D eigenvalue weighted by Gasteiger charge is -2.40. The van der Waals surface area contributed by atoms with E-state index in [4.69, 9.17) is 23.4 Å². The van der Waals surface area contributed by atoms with Gasteiger partial charge in [-0.15, -0.1) is 0 Å². The Bertz CT molecular complexity index is 1470. The van der Waals surface area contributed by atoms with Gasteiger partial charge < -0.3 is 74.4 Å². The topological polar surface area (TPSA) is 269 Å². The van der Waals surface area contributed by atoms with Crippen LogP contribution < -0.4 is 14.9 Å². The summed E-state index contributed by atoms with van der Waals surface area (Å²) in [5.41, 5.74) is -1.32. The van der Waals surface area contributed by atoms with Crippen LogP contribution in [0.15, 0.2) is 33.5 Å². The SMILES string of the molecule is O=c1c2c(O[C@@H]3O[C@H](CO)[C@@H](O)[C@H](O)[C@H]3O)cc(O[C@@H]3O[C@H](CO)[C@@H](O)[C@H](O)[C@H]3O)cc2oc2ccc(O)c(O)c12. The molecule has 41 heavy (non-hydrogen) atoms. The van der Waals surface area contributed by atoms with Crippen molar-refractivity contribution >= 4 is 21.9 Å². The number of aromatic hydroxyl groups is 2. The quantitative estimate of drug-likeness (QED) is 0.100. The first-order valence-electron chi connectivity index (χ1n) is 12.4. The van der Waals surface area contributed by atoms with Gasteiger partial charge in [-0.05, 0) is 12.1 Å². The summed E-state index contributed by atoms with van der Waals surface area (Å²) >= 11 is 0. The molecule has 3 aromatic rings. The molecule has 10 atom stereocenters. The number of phenolic OH excluding ortho intramolecular Hbond substituents is 2. The van der Waals surface area contributed by atoms with Crippen molar-refractivity contribution in [2.45, 2.75) is 61.4 Å². The molecule has 2 aliphatic heterocycles. The van der Waals surface area contributed by atoms with Crippen LogP contribution in [-0.4, -0.2) is 126 Å². The third kappa shape index (κ3) is 5.04. The maximum atomic E-state index is 13.5. The molecule has 0 saturated carbocycles. The number of hydrogen-bond donors (Lipinski definition) is 10. The minimum absolute atomic E-state index is 0.165. The third-order valence-corrected chi connectivity index (χ3v) is 7.02. The maximum absolute atomic E-state index is 13.5. The fraction of sp³-hybridized carbons (Fsp3) is 0.480. The van der Waals surface area contributed by atoms with E-state index in [0.29, 0.717) is 0 Å². The molecule has 2 saturated heterocycles. The summed E-state index contributed by atoms with van der Waals surface area (Å²) in [4.78, 5) is 13.5. The van der Waals surface area contributed by atoms with E-state index in [0.717, 1.165) is 18.2 Å². The molecule has 0 amide bonds. The Balaban J connectivity index is 1.62. The molecular weight excluding hydrogens is 556 g/mol. The van der Waals surface area contributed by atoms with Crippen molar-refractivity contribution in [3.8, 4) is 23.0 Å². The van der Waals surface area contributed by atoms with Gasteiger partial charge in [-0.25, -0.2) is 0 Å². The Hall–Kier alpha value is -3.29. The van der Waals surface area contributed by atoms with E-state index >= 15 is 0 Å². The highest BCUT2D eigenvalue weighted by Crippen LogP contribution is 2.38. The molecule has 16 nitrogen and oxygen atoms in total. The van der Waals surface area contributed by atoms with Crippen LogP contribution in [-0.2, 0) is 9.47 Å². The standard InChI is InChI=1S/C25H28O16/c26-5-12-17(30)20(33)22(35)24(40-12)37-7-3-10-14(19(32)15-9(38-10)2-1-8(28)16(15)29)11(4-7)39-25-23(36)21(34)18(31)13(6-27)41-25/h1-4,12-13,17-18,20-31,33-36H,5-6H2/t12-,13-,17-,18-,20+,21+,22-,23-,24-,25-/m1/s1. The van der Waals surface area contributed by atoms with Gasteiger partial charge in [0.15, 0.2) is 11.5 Å². The van der Waals surface area contributed by atoms with Crippen molar-refractivity contribution < 1.29 is 74.4 Å². The summed E-state index contributed by atoms with van der Waals surface area (Å²) in [7, 11) is 0. The molecule has 2 aliphatic rings. The van der Waals surface area contributed by atoms with E-state index in [-0.39, 0.29) is 22.3 Å². The van der Waals surface area contributed by atoms with Gasteiger partial charge in [-0.1, -0.05) is 0 Å². The molecule has 0 bridgehead atoms. The summed E-state index contributed by atoms with van der Waals surface area (Å²) in [6.07, 6.45) is -16.8. The van der Waals surface area contributed by atoms with Gasteiger partial charge in [0.25, 0.3) is 0 Å². The van der Waals surface area contributed by atoms with Crippen molar-refractivity contribution in [1.82, 2.24) is 0 Å². The van der Waals surface area contributed by atoms with Crippen LogP contribution in [0.4, 0.5) is 0 Å². The Morgan fingerprint density at radius 1 is 0.683 bits per heavy atom. The van der Waals surface area contributed by atoms with Crippen LogP contribution in [0.3, 0.4) is 0 Å². The van der Waals surface area contributed by atoms with Gasteiger partial charge in [0, 0.05) is 12.1 Å². The Labute approximate surface area is 229 Å². The number of aliphatic hydroxyl groups excluding tert-OH is 8. The summed E-state index contributed by atoms with van der Waals surface area (Å²) in [5, 5.41) is 99.7. The minimum atomic E-state index is -1.89. The average molecular weight is 584 g/mol. The van der Waals surface area contributed by atoms with Crippen molar-refractivity contribution in [3.05, 3.63) is 34.5 Å². The predicted octanol–water partition coefficient (Wildman–Crippen LogP) is -3.29. The number of rotatable bonds is 6. The van der Waals surface area contributed by atoms with Gasteiger partial charge >= 0.3 is 0 Å². The number of aliphatic hydroxyl groups is 8. The summed E-state index contributed by atoms with van der Waals surface area (Å²) in [5.74, 6) is -2.08. The van der Waals surface area contributed by atoms with E-state index in [1.54, 1.807) is 0 Å². The normalized spacial score (nSPS) is 34.1. The number of fused-ring (bicyclic) bond motifs is 2. The molecule has 5 rings (SSSR count). The molecule has 1 aromatic heterocycles. The molecule has 0 radical (unpaired) electrons. The zero-order valence-corrected chi connectivity index (χ0v) is 20.9. The molecular formula is C25H28O16. The third-order valence-electron chi connectivity index (χ3n) is 7.02. The van der Waals surface area contributed by atoms with Crippen molar-refractivity contribution in [2.24, 2.45) is 0 Å². The second-order valence-electron chi connectivity index (χ2n) is 9.66. The van der Waals surface area contributed by atoms with Gasteiger partial charge in [0.2, 0.25) is 18.0 Å². The zero-order valence-electron chi connectivity index (χ0n) is 20.9. The summed E-state index contributed by atoms with van der Waals surface area (Å²) in [6.45, 7) is -1.50. The molecule has 2 fully saturated rings. The van der Waals surface area contributed by atoms with Crippen LogP contribution in [0, 0.1) is 0 Å². The Kier molecular flexibility index (Phi) is 7.96. The monoisotopic (exact) mass is 584 g/mol. The average Bonchev–Trinajstić information content (AvgIpc) is 2.95. The number of benzene rings is 2. The molecule has 224 valence electrons. The highest BCUT2D eigenvalue weighted by atomic mass is 16.7. The van der Waals surface area contributed by atoms with Crippen molar-refractivity contribution in [3.63, 3.8) is 0 Å². The number of ether oxygens (including phenoxy) is 4. The first kappa shape index (κ1) is 29.2. The van der Waals surface area contributed by atoms with Gasteiger partial charge in [-0.3, -0.25) is 4.79 Å².